The van der Waals surface area contributed by atoms with Crippen LogP contribution in [0.3, 0.4) is 0 Å². The minimum absolute atomic E-state index is 0.0798. The highest BCUT2D eigenvalue weighted by atomic mass is 16.5. The van der Waals surface area contributed by atoms with Crippen LogP contribution in [0.15, 0.2) is 54.6 Å². The first-order chi connectivity index (χ1) is 13.7. The molecule has 0 atom stereocenters. The van der Waals surface area contributed by atoms with E-state index in [4.69, 9.17) is 10.00 Å². The van der Waals surface area contributed by atoms with Crippen molar-refractivity contribution in [3.05, 3.63) is 65.7 Å². The number of nitrogens with zero attached hydrogens (tertiary/aromatic N) is 3. The number of amides is 1. The highest BCUT2D eigenvalue weighted by Gasteiger charge is 2.16. The van der Waals surface area contributed by atoms with Crippen molar-refractivity contribution in [2.75, 3.05) is 45.9 Å². The minimum atomic E-state index is -0.171. The predicted molar refractivity (Wildman–Crippen MR) is 108 cm³/mol. The standard InChI is InChI=1S/C22H26N4O2/c23-16-20-8-4-5-9-21(20)28-18-22(27)24-10-11-25-12-14-26(15-13-25)17-19-6-2-1-3-7-19/h1-9H,10-15,17-18H2,(H,24,27). The lowest BCUT2D eigenvalue weighted by Crippen LogP contribution is -2.48. The van der Waals surface area contributed by atoms with Gasteiger partial charge in [0.05, 0.1) is 5.56 Å². The normalized spacial score (nSPS) is 15.0. The molecule has 6 heteroatoms. The minimum Gasteiger partial charge on any atom is -0.482 e. The Bertz CT molecular complexity index is 796. The number of ether oxygens (including phenoxy) is 1. The number of rotatable bonds is 8. The van der Waals surface area contributed by atoms with E-state index in [1.165, 1.54) is 5.56 Å². The van der Waals surface area contributed by atoms with Gasteiger partial charge < -0.3 is 10.1 Å². The zero-order valence-electron chi connectivity index (χ0n) is 16.0. The van der Waals surface area contributed by atoms with E-state index < -0.39 is 0 Å². The van der Waals surface area contributed by atoms with Gasteiger partial charge in [0.25, 0.3) is 5.91 Å². The molecule has 0 saturated carbocycles. The number of nitrogens with one attached hydrogen (secondary N) is 1. The van der Waals surface area contributed by atoms with Crippen molar-refractivity contribution in [1.29, 1.82) is 5.26 Å². The van der Waals surface area contributed by atoms with Crippen LogP contribution in [0.1, 0.15) is 11.1 Å². The third-order valence-electron chi connectivity index (χ3n) is 4.83. The van der Waals surface area contributed by atoms with Gasteiger partial charge >= 0.3 is 0 Å². The SMILES string of the molecule is N#Cc1ccccc1OCC(=O)NCCN1CCN(Cc2ccccc2)CC1. The number of piperazine rings is 1. The summed E-state index contributed by atoms with van der Waals surface area (Å²) in [6.45, 7) is 6.44. The van der Waals surface area contributed by atoms with Gasteiger partial charge in [-0.25, -0.2) is 0 Å². The monoisotopic (exact) mass is 378 g/mol. The average molecular weight is 378 g/mol. The lowest BCUT2D eigenvalue weighted by atomic mass is 10.2. The second-order valence-electron chi connectivity index (χ2n) is 6.85. The number of carbonyl (C=O) groups excluding carboxylic acids is 1. The quantitative estimate of drug-likeness (QED) is 0.760. The van der Waals surface area contributed by atoms with E-state index in [1.54, 1.807) is 24.3 Å². The van der Waals surface area contributed by atoms with E-state index in [-0.39, 0.29) is 12.5 Å². The summed E-state index contributed by atoms with van der Waals surface area (Å²) in [5.41, 5.74) is 1.78. The van der Waals surface area contributed by atoms with E-state index >= 15 is 0 Å². The summed E-state index contributed by atoms with van der Waals surface area (Å²) in [5.74, 6) is 0.269. The third-order valence-corrected chi connectivity index (χ3v) is 4.83. The highest BCUT2D eigenvalue weighted by molar-refractivity contribution is 5.77. The van der Waals surface area contributed by atoms with Gasteiger partial charge in [-0.3, -0.25) is 14.6 Å². The summed E-state index contributed by atoms with van der Waals surface area (Å²) in [4.78, 5) is 16.8. The maximum Gasteiger partial charge on any atom is 0.257 e. The summed E-state index contributed by atoms with van der Waals surface area (Å²) in [7, 11) is 0. The van der Waals surface area contributed by atoms with Crippen LogP contribution in [-0.2, 0) is 11.3 Å². The molecule has 1 heterocycles. The summed E-state index contributed by atoms with van der Waals surface area (Å²) in [6, 6.07) is 19.5. The lowest BCUT2D eigenvalue weighted by Gasteiger charge is -2.34. The van der Waals surface area contributed by atoms with E-state index in [2.05, 4.69) is 45.5 Å². The van der Waals surface area contributed by atoms with Crippen molar-refractivity contribution in [3.63, 3.8) is 0 Å². The number of benzene rings is 2. The molecule has 146 valence electrons. The predicted octanol–water partition coefficient (Wildman–Crippen LogP) is 1.87. The molecule has 28 heavy (non-hydrogen) atoms. The molecular formula is C22H26N4O2. The fraction of sp³-hybridized carbons (Fsp3) is 0.364. The molecule has 0 aromatic heterocycles. The molecule has 1 saturated heterocycles. The summed E-state index contributed by atoms with van der Waals surface area (Å²) < 4.78 is 5.45. The van der Waals surface area contributed by atoms with E-state index in [0.29, 0.717) is 17.9 Å². The fourth-order valence-electron chi connectivity index (χ4n) is 3.25. The van der Waals surface area contributed by atoms with E-state index in [0.717, 1.165) is 39.3 Å². The maximum absolute atomic E-state index is 12.0. The van der Waals surface area contributed by atoms with Crippen molar-refractivity contribution in [3.8, 4) is 11.8 Å². The number of hydrogen-bond acceptors (Lipinski definition) is 5. The Labute approximate surface area is 166 Å². The lowest BCUT2D eigenvalue weighted by molar-refractivity contribution is -0.123. The Kier molecular flexibility index (Phi) is 7.42. The Balaban J connectivity index is 1.30. The van der Waals surface area contributed by atoms with Crippen LogP contribution in [0.2, 0.25) is 0 Å². The van der Waals surface area contributed by atoms with Crippen LogP contribution in [0.4, 0.5) is 0 Å². The Morgan fingerprint density at radius 2 is 1.68 bits per heavy atom. The smallest absolute Gasteiger partial charge is 0.257 e. The molecule has 0 spiro atoms. The third kappa shape index (κ3) is 6.08. The number of para-hydroxylation sites is 1. The van der Waals surface area contributed by atoms with Crippen LogP contribution in [0, 0.1) is 11.3 Å². The molecule has 0 aliphatic carbocycles. The van der Waals surface area contributed by atoms with Crippen molar-refractivity contribution in [1.82, 2.24) is 15.1 Å². The van der Waals surface area contributed by atoms with Crippen molar-refractivity contribution in [2.24, 2.45) is 0 Å². The van der Waals surface area contributed by atoms with Gasteiger partial charge in [-0.15, -0.1) is 0 Å². The van der Waals surface area contributed by atoms with Crippen LogP contribution in [0.5, 0.6) is 5.75 Å². The average Bonchev–Trinajstić information content (AvgIpc) is 2.74. The molecule has 0 unspecified atom stereocenters. The van der Waals surface area contributed by atoms with Crippen LogP contribution >= 0.6 is 0 Å². The van der Waals surface area contributed by atoms with E-state index in [1.807, 2.05) is 6.07 Å². The molecule has 1 aliphatic rings. The molecule has 0 bridgehead atoms. The molecular weight excluding hydrogens is 352 g/mol. The summed E-state index contributed by atoms with van der Waals surface area (Å²) in [6.07, 6.45) is 0. The molecule has 3 rings (SSSR count). The summed E-state index contributed by atoms with van der Waals surface area (Å²) in [5, 5.41) is 11.9. The van der Waals surface area contributed by atoms with Gasteiger partial charge in [0, 0.05) is 45.8 Å². The largest absolute Gasteiger partial charge is 0.482 e. The molecule has 1 aliphatic heterocycles. The van der Waals surface area contributed by atoms with Crippen LogP contribution < -0.4 is 10.1 Å². The Hall–Kier alpha value is -2.88. The van der Waals surface area contributed by atoms with Crippen LogP contribution in [-0.4, -0.2) is 61.6 Å². The first kappa shape index (κ1) is 19.9. The molecule has 1 fully saturated rings. The zero-order valence-corrected chi connectivity index (χ0v) is 16.0. The van der Waals surface area contributed by atoms with E-state index in [9.17, 15) is 4.79 Å². The fourth-order valence-corrected chi connectivity index (χ4v) is 3.25. The zero-order chi connectivity index (χ0) is 19.6. The van der Waals surface area contributed by atoms with Gasteiger partial charge in [0.15, 0.2) is 6.61 Å². The molecule has 1 amide bonds. The van der Waals surface area contributed by atoms with Gasteiger partial charge in [-0.2, -0.15) is 5.26 Å². The van der Waals surface area contributed by atoms with Gasteiger partial charge in [-0.1, -0.05) is 42.5 Å². The Morgan fingerprint density at radius 1 is 1.00 bits per heavy atom. The number of hydrogen-bond donors (Lipinski definition) is 1. The van der Waals surface area contributed by atoms with Crippen molar-refractivity contribution in [2.45, 2.75) is 6.54 Å². The first-order valence-corrected chi connectivity index (χ1v) is 9.62. The van der Waals surface area contributed by atoms with Crippen molar-refractivity contribution >= 4 is 5.91 Å². The first-order valence-electron chi connectivity index (χ1n) is 9.62. The second-order valence-corrected chi connectivity index (χ2v) is 6.85. The summed E-state index contributed by atoms with van der Waals surface area (Å²) >= 11 is 0. The number of carbonyl (C=O) groups is 1. The molecule has 1 N–H and O–H groups in total. The molecule has 2 aromatic rings. The number of nitriles is 1. The Morgan fingerprint density at radius 3 is 2.43 bits per heavy atom. The molecule has 2 aromatic carbocycles. The highest BCUT2D eigenvalue weighted by Crippen LogP contribution is 2.16. The maximum atomic E-state index is 12.0. The van der Waals surface area contributed by atoms with Crippen LogP contribution in [0.25, 0.3) is 0 Å². The second kappa shape index (κ2) is 10.5. The molecule has 6 nitrogen and oxygen atoms in total. The van der Waals surface area contributed by atoms with Crippen molar-refractivity contribution < 1.29 is 9.53 Å². The van der Waals surface area contributed by atoms with Gasteiger partial charge in [0.2, 0.25) is 0 Å². The van der Waals surface area contributed by atoms with Gasteiger partial charge in [-0.05, 0) is 17.7 Å². The molecule has 0 radical (unpaired) electrons. The van der Waals surface area contributed by atoms with Gasteiger partial charge in [0.1, 0.15) is 11.8 Å². The topological polar surface area (TPSA) is 68.6 Å².